The summed E-state index contributed by atoms with van der Waals surface area (Å²) in [6.45, 7) is 9.95. The van der Waals surface area contributed by atoms with Crippen molar-refractivity contribution in [3.05, 3.63) is 17.9 Å². The van der Waals surface area contributed by atoms with E-state index in [0.29, 0.717) is 18.4 Å². The normalized spacial score (nSPS) is 9.94. The van der Waals surface area contributed by atoms with Crippen molar-refractivity contribution in [2.75, 3.05) is 29.9 Å². The summed E-state index contributed by atoms with van der Waals surface area (Å²) in [6, 6.07) is 0. The summed E-state index contributed by atoms with van der Waals surface area (Å²) in [6.07, 6.45) is 1.73. The van der Waals surface area contributed by atoms with E-state index in [1.54, 1.807) is 6.08 Å². The largest absolute Gasteiger partial charge is 0.351 e. The molecule has 0 saturated carbocycles. The summed E-state index contributed by atoms with van der Waals surface area (Å²) in [5.41, 5.74) is 0. The molecule has 1 aromatic heterocycles. The molecule has 6 heteroatoms. The standard InChI is InChI=1S/C10H16ClN5/c1-4-7-12-9-13-8(11)14-10(15-9)16(5-2)6-3/h4H,1,5-7H2,2-3H3,(H,12,13,14,15). The third kappa shape index (κ3) is 3.34. The van der Waals surface area contributed by atoms with Crippen LogP contribution in [0.5, 0.6) is 0 Å². The molecule has 1 aromatic rings. The molecule has 1 N–H and O–H groups in total. The Morgan fingerprint density at radius 2 is 2.00 bits per heavy atom. The number of anilines is 2. The SMILES string of the molecule is C=CCNc1nc(Cl)nc(N(CC)CC)n1. The van der Waals surface area contributed by atoms with Crippen LogP contribution in [0.4, 0.5) is 11.9 Å². The number of nitrogens with zero attached hydrogens (tertiary/aromatic N) is 4. The molecule has 0 aliphatic carbocycles. The molecule has 0 amide bonds. The van der Waals surface area contributed by atoms with Gasteiger partial charge < -0.3 is 10.2 Å². The summed E-state index contributed by atoms with van der Waals surface area (Å²) < 4.78 is 0. The van der Waals surface area contributed by atoms with Crippen LogP contribution in [0.2, 0.25) is 5.28 Å². The highest BCUT2D eigenvalue weighted by Gasteiger charge is 2.09. The maximum absolute atomic E-state index is 5.83. The summed E-state index contributed by atoms with van der Waals surface area (Å²) in [7, 11) is 0. The number of aromatic nitrogens is 3. The van der Waals surface area contributed by atoms with Gasteiger partial charge in [0.05, 0.1) is 0 Å². The van der Waals surface area contributed by atoms with E-state index >= 15 is 0 Å². The summed E-state index contributed by atoms with van der Waals surface area (Å²) >= 11 is 5.83. The Labute approximate surface area is 101 Å². The second-order valence-corrected chi connectivity index (χ2v) is 3.41. The van der Waals surface area contributed by atoms with E-state index in [1.807, 2.05) is 18.7 Å². The van der Waals surface area contributed by atoms with E-state index in [-0.39, 0.29) is 5.28 Å². The lowest BCUT2D eigenvalue weighted by molar-refractivity contribution is 0.812. The maximum atomic E-state index is 5.83. The molecular formula is C10H16ClN5. The van der Waals surface area contributed by atoms with Gasteiger partial charge in [-0.15, -0.1) is 6.58 Å². The first-order valence-electron chi connectivity index (χ1n) is 5.22. The Morgan fingerprint density at radius 3 is 2.56 bits per heavy atom. The molecule has 5 nitrogen and oxygen atoms in total. The van der Waals surface area contributed by atoms with Crippen molar-refractivity contribution < 1.29 is 0 Å². The van der Waals surface area contributed by atoms with Crippen LogP contribution in [0.25, 0.3) is 0 Å². The Kier molecular flexibility index (Phi) is 4.98. The quantitative estimate of drug-likeness (QED) is 0.772. The van der Waals surface area contributed by atoms with E-state index in [9.17, 15) is 0 Å². The summed E-state index contributed by atoms with van der Waals surface area (Å²) in [5, 5.41) is 3.18. The minimum absolute atomic E-state index is 0.198. The highest BCUT2D eigenvalue weighted by atomic mass is 35.5. The predicted molar refractivity (Wildman–Crippen MR) is 67.1 cm³/mol. The van der Waals surface area contributed by atoms with E-state index in [4.69, 9.17) is 11.6 Å². The number of rotatable bonds is 6. The Hall–Kier alpha value is -1.36. The smallest absolute Gasteiger partial charge is 0.231 e. The summed E-state index contributed by atoms with van der Waals surface area (Å²) in [4.78, 5) is 14.3. The first-order chi connectivity index (χ1) is 7.71. The van der Waals surface area contributed by atoms with Gasteiger partial charge in [0.1, 0.15) is 0 Å². The molecule has 0 aliphatic rings. The van der Waals surface area contributed by atoms with Gasteiger partial charge in [0.25, 0.3) is 0 Å². The van der Waals surface area contributed by atoms with Crippen molar-refractivity contribution in [3.8, 4) is 0 Å². The molecule has 0 unspecified atom stereocenters. The van der Waals surface area contributed by atoms with Gasteiger partial charge in [-0.05, 0) is 25.4 Å². The minimum Gasteiger partial charge on any atom is -0.351 e. The van der Waals surface area contributed by atoms with Crippen LogP contribution in [-0.2, 0) is 0 Å². The van der Waals surface area contributed by atoms with Gasteiger partial charge >= 0.3 is 0 Å². The molecule has 1 heterocycles. The van der Waals surface area contributed by atoms with E-state index < -0.39 is 0 Å². The molecule has 16 heavy (non-hydrogen) atoms. The Balaban J connectivity index is 2.92. The zero-order valence-corrected chi connectivity index (χ0v) is 10.3. The van der Waals surface area contributed by atoms with E-state index in [2.05, 4.69) is 26.8 Å². The van der Waals surface area contributed by atoms with Gasteiger partial charge in [-0.2, -0.15) is 15.0 Å². The topological polar surface area (TPSA) is 53.9 Å². The number of hydrogen-bond donors (Lipinski definition) is 1. The molecular weight excluding hydrogens is 226 g/mol. The van der Waals surface area contributed by atoms with Gasteiger partial charge in [-0.3, -0.25) is 0 Å². The second-order valence-electron chi connectivity index (χ2n) is 3.07. The van der Waals surface area contributed by atoms with Crippen LogP contribution in [0.1, 0.15) is 13.8 Å². The van der Waals surface area contributed by atoms with Crippen molar-refractivity contribution in [3.63, 3.8) is 0 Å². The van der Waals surface area contributed by atoms with E-state index in [1.165, 1.54) is 0 Å². The van der Waals surface area contributed by atoms with Crippen molar-refractivity contribution in [1.29, 1.82) is 0 Å². The molecule has 0 bridgehead atoms. The molecule has 0 atom stereocenters. The highest BCUT2D eigenvalue weighted by Crippen LogP contribution is 2.13. The molecule has 0 fully saturated rings. The fourth-order valence-electron chi connectivity index (χ4n) is 1.23. The third-order valence-corrected chi connectivity index (χ3v) is 2.22. The highest BCUT2D eigenvalue weighted by molar-refractivity contribution is 6.28. The fourth-order valence-corrected chi connectivity index (χ4v) is 1.39. The first-order valence-corrected chi connectivity index (χ1v) is 5.60. The summed E-state index contributed by atoms with van der Waals surface area (Å²) in [5.74, 6) is 1.07. The molecule has 0 radical (unpaired) electrons. The van der Waals surface area contributed by atoms with Crippen LogP contribution in [0, 0.1) is 0 Å². The average molecular weight is 242 g/mol. The van der Waals surface area contributed by atoms with Crippen molar-refractivity contribution in [2.45, 2.75) is 13.8 Å². The van der Waals surface area contributed by atoms with Crippen molar-refractivity contribution in [2.24, 2.45) is 0 Å². The molecule has 0 spiro atoms. The van der Waals surface area contributed by atoms with Crippen molar-refractivity contribution >= 4 is 23.5 Å². The predicted octanol–water partition coefficient (Wildman–Crippen LogP) is 1.97. The maximum Gasteiger partial charge on any atom is 0.231 e. The lowest BCUT2D eigenvalue weighted by Gasteiger charge is -2.18. The Morgan fingerprint density at radius 1 is 1.31 bits per heavy atom. The lowest BCUT2D eigenvalue weighted by Crippen LogP contribution is -2.25. The van der Waals surface area contributed by atoms with Gasteiger partial charge in [-0.25, -0.2) is 0 Å². The third-order valence-electron chi connectivity index (χ3n) is 2.05. The number of halogens is 1. The monoisotopic (exact) mass is 241 g/mol. The number of nitrogens with one attached hydrogen (secondary N) is 1. The van der Waals surface area contributed by atoms with Crippen LogP contribution in [0.3, 0.4) is 0 Å². The van der Waals surface area contributed by atoms with Crippen LogP contribution >= 0.6 is 11.6 Å². The average Bonchev–Trinajstić information content (AvgIpc) is 2.27. The van der Waals surface area contributed by atoms with E-state index in [0.717, 1.165) is 13.1 Å². The van der Waals surface area contributed by atoms with Gasteiger partial charge in [0.15, 0.2) is 0 Å². The molecule has 88 valence electrons. The minimum atomic E-state index is 0.198. The number of hydrogen-bond acceptors (Lipinski definition) is 5. The van der Waals surface area contributed by atoms with Gasteiger partial charge in [0, 0.05) is 19.6 Å². The molecule has 0 aromatic carbocycles. The van der Waals surface area contributed by atoms with Crippen LogP contribution in [0.15, 0.2) is 12.7 Å². The van der Waals surface area contributed by atoms with Gasteiger partial charge in [0.2, 0.25) is 17.2 Å². The second kappa shape index (κ2) is 6.27. The Bertz CT molecular complexity index is 351. The zero-order chi connectivity index (χ0) is 12.0. The van der Waals surface area contributed by atoms with Crippen LogP contribution in [-0.4, -0.2) is 34.6 Å². The first kappa shape index (κ1) is 12.7. The molecule has 0 aliphatic heterocycles. The fraction of sp³-hybridized carbons (Fsp3) is 0.500. The lowest BCUT2D eigenvalue weighted by atomic mass is 10.5. The molecule has 1 rings (SSSR count). The molecule has 0 saturated heterocycles. The zero-order valence-electron chi connectivity index (χ0n) is 9.57. The van der Waals surface area contributed by atoms with Gasteiger partial charge in [-0.1, -0.05) is 6.08 Å². The van der Waals surface area contributed by atoms with Crippen LogP contribution < -0.4 is 10.2 Å². The van der Waals surface area contributed by atoms with Crippen molar-refractivity contribution in [1.82, 2.24) is 15.0 Å².